The Hall–Kier alpha value is -3.16. The van der Waals surface area contributed by atoms with Crippen LogP contribution in [0.3, 0.4) is 0 Å². The van der Waals surface area contributed by atoms with Gasteiger partial charge < -0.3 is 10.2 Å². The number of piperidine rings is 1. The van der Waals surface area contributed by atoms with Crippen LogP contribution < -0.4 is 5.32 Å². The van der Waals surface area contributed by atoms with Crippen LogP contribution in [0, 0.1) is 11.8 Å². The highest BCUT2D eigenvalue weighted by atomic mass is 16.1. The first-order valence-electron chi connectivity index (χ1n) is 10.7. The maximum atomic E-state index is 12.4. The number of hydrogen-bond acceptors (Lipinski definition) is 3. The zero-order valence-electron chi connectivity index (χ0n) is 17.2. The Kier molecular flexibility index (Phi) is 6.74. The summed E-state index contributed by atoms with van der Waals surface area (Å²) in [7, 11) is 0. The van der Waals surface area contributed by atoms with E-state index in [1.54, 1.807) is 6.20 Å². The smallest absolute Gasteiger partial charge is 0.251 e. The minimum absolute atomic E-state index is 0.0218. The second-order valence-electron chi connectivity index (χ2n) is 7.75. The fourth-order valence-corrected chi connectivity index (χ4v) is 3.85. The van der Waals surface area contributed by atoms with Crippen LogP contribution in [-0.4, -0.2) is 42.0 Å². The van der Waals surface area contributed by atoms with Gasteiger partial charge in [0.15, 0.2) is 0 Å². The van der Waals surface area contributed by atoms with Crippen molar-refractivity contribution in [3.05, 3.63) is 77.6 Å². The van der Waals surface area contributed by atoms with Crippen LogP contribution in [0.4, 0.5) is 0 Å². The van der Waals surface area contributed by atoms with Gasteiger partial charge in [-0.3, -0.25) is 9.78 Å². The highest BCUT2D eigenvalue weighted by molar-refractivity contribution is 5.94. The van der Waals surface area contributed by atoms with Crippen molar-refractivity contribution in [1.82, 2.24) is 15.2 Å². The third-order valence-corrected chi connectivity index (χ3v) is 5.54. The van der Waals surface area contributed by atoms with Crippen molar-refractivity contribution < 1.29 is 4.79 Å². The van der Waals surface area contributed by atoms with Crippen LogP contribution in [0.2, 0.25) is 0 Å². The van der Waals surface area contributed by atoms with E-state index in [9.17, 15) is 4.79 Å². The van der Waals surface area contributed by atoms with Crippen LogP contribution >= 0.6 is 0 Å². The zero-order valence-corrected chi connectivity index (χ0v) is 17.2. The Morgan fingerprint density at radius 3 is 2.60 bits per heavy atom. The van der Waals surface area contributed by atoms with Gasteiger partial charge in [0.25, 0.3) is 5.91 Å². The second kappa shape index (κ2) is 10.0. The van der Waals surface area contributed by atoms with Crippen molar-refractivity contribution in [2.24, 2.45) is 0 Å². The van der Waals surface area contributed by atoms with E-state index >= 15 is 0 Å². The van der Waals surface area contributed by atoms with E-state index in [2.05, 4.69) is 33.1 Å². The summed E-state index contributed by atoms with van der Waals surface area (Å²) in [5.41, 5.74) is 2.46. The molecule has 0 aliphatic carbocycles. The van der Waals surface area contributed by atoms with E-state index < -0.39 is 0 Å². The Morgan fingerprint density at radius 2 is 1.77 bits per heavy atom. The monoisotopic (exact) mass is 397 g/mol. The summed E-state index contributed by atoms with van der Waals surface area (Å²) >= 11 is 0. The summed E-state index contributed by atoms with van der Waals surface area (Å²) in [6.07, 6.45) is 8.60. The molecule has 1 aromatic heterocycles. The molecule has 1 amide bonds. The maximum absolute atomic E-state index is 12.4. The zero-order chi connectivity index (χ0) is 20.6. The summed E-state index contributed by atoms with van der Waals surface area (Å²) in [5.74, 6) is 6.37. The fourth-order valence-electron chi connectivity index (χ4n) is 3.85. The van der Waals surface area contributed by atoms with Crippen LogP contribution in [0.25, 0.3) is 10.8 Å². The van der Waals surface area contributed by atoms with Gasteiger partial charge in [-0.25, -0.2) is 0 Å². The molecule has 1 aliphatic rings. The molecule has 1 aliphatic heterocycles. The van der Waals surface area contributed by atoms with E-state index in [0.29, 0.717) is 12.1 Å². The second-order valence-corrected chi connectivity index (χ2v) is 7.75. The predicted molar refractivity (Wildman–Crippen MR) is 121 cm³/mol. The van der Waals surface area contributed by atoms with Crippen LogP contribution in [-0.2, 0) is 0 Å². The molecule has 0 unspecified atom stereocenters. The summed E-state index contributed by atoms with van der Waals surface area (Å²) in [6.45, 7) is 4.18. The molecular formula is C26H27N3O. The van der Waals surface area contributed by atoms with E-state index in [0.717, 1.165) is 34.9 Å². The quantitative estimate of drug-likeness (QED) is 0.517. The number of carbonyl (C=O) groups excluding carboxylic acids is 1. The molecule has 1 saturated heterocycles. The first-order chi connectivity index (χ1) is 14.8. The Balaban J connectivity index is 1.31. The number of likely N-dealkylation sites (tertiary alicyclic amines) is 1. The molecule has 30 heavy (non-hydrogen) atoms. The van der Waals surface area contributed by atoms with Gasteiger partial charge in [-0.05, 0) is 63.2 Å². The van der Waals surface area contributed by atoms with Gasteiger partial charge in [0.05, 0.1) is 5.56 Å². The average molecular weight is 398 g/mol. The maximum Gasteiger partial charge on any atom is 0.251 e. The van der Waals surface area contributed by atoms with E-state index in [4.69, 9.17) is 0 Å². The minimum Gasteiger partial charge on any atom is -0.352 e. The van der Waals surface area contributed by atoms with Gasteiger partial charge >= 0.3 is 0 Å². The highest BCUT2D eigenvalue weighted by Crippen LogP contribution is 2.16. The molecule has 2 heterocycles. The van der Waals surface area contributed by atoms with Gasteiger partial charge in [-0.1, -0.05) is 42.5 Å². The standard InChI is InChI=1S/C26H27N3O/c30-26(28-15-6-18-29-16-4-1-5-17-29)22-12-9-21(10-13-22)11-14-24-20-27-19-23-7-2-3-8-25(23)24/h2-3,7-10,12-13,19-20H,1,4-6,15-18H2,(H,28,30). The molecule has 4 rings (SSSR count). The van der Waals surface area contributed by atoms with Crippen molar-refractivity contribution >= 4 is 16.7 Å². The van der Waals surface area contributed by atoms with Gasteiger partial charge in [0.1, 0.15) is 0 Å². The third kappa shape index (κ3) is 5.25. The number of aromatic nitrogens is 1. The molecule has 4 heteroatoms. The normalized spacial score (nSPS) is 14.1. The van der Waals surface area contributed by atoms with Gasteiger partial charge in [0.2, 0.25) is 0 Å². The summed E-state index contributed by atoms with van der Waals surface area (Å²) in [4.78, 5) is 19.1. The van der Waals surface area contributed by atoms with Crippen molar-refractivity contribution in [2.45, 2.75) is 25.7 Å². The highest BCUT2D eigenvalue weighted by Gasteiger charge is 2.10. The largest absolute Gasteiger partial charge is 0.352 e. The number of rotatable bonds is 5. The lowest BCUT2D eigenvalue weighted by Gasteiger charge is -2.26. The molecule has 1 N–H and O–H groups in total. The topological polar surface area (TPSA) is 45.2 Å². The van der Waals surface area contributed by atoms with Gasteiger partial charge in [-0.15, -0.1) is 0 Å². The Bertz CT molecular complexity index is 1050. The van der Waals surface area contributed by atoms with Crippen molar-refractivity contribution in [2.75, 3.05) is 26.2 Å². The number of pyridine rings is 1. The summed E-state index contributed by atoms with van der Waals surface area (Å²) in [6, 6.07) is 15.6. The SMILES string of the molecule is O=C(NCCCN1CCCCC1)c1ccc(C#Cc2cncc3ccccc23)cc1. The minimum atomic E-state index is -0.0218. The molecular weight excluding hydrogens is 370 g/mol. The molecule has 152 valence electrons. The number of nitrogens with zero attached hydrogens (tertiary/aromatic N) is 2. The van der Waals surface area contributed by atoms with Crippen LogP contribution in [0.15, 0.2) is 60.9 Å². The number of carbonyl (C=O) groups is 1. The molecule has 1 fully saturated rings. The van der Waals surface area contributed by atoms with Crippen LogP contribution in [0.1, 0.15) is 47.2 Å². The molecule has 0 radical (unpaired) electrons. The summed E-state index contributed by atoms with van der Waals surface area (Å²) in [5, 5.41) is 5.20. The fraction of sp³-hybridized carbons (Fsp3) is 0.308. The number of fused-ring (bicyclic) bond motifs is 1. The lowest BCUT2D eigenvalue weighted by molar-refractivity contribution is 0.0951. The molecule has 3 aromatic rings. The molecule has 2 aromatic carbocycles. The Morgan fingerprint density at radius 1 is 0.967 bits per heavy atom. The molecule has 0 bridgehead atoms. The van der Waals surface area contributed by atoms with E-state index in [1.807, 2.05) is 48.7 Å². The molecule has 4 nitrogen and oxygen atoms in total. The van der Waals surface area contributed by atoms with E-state index in [1.165, 1.54) is 32.4 Å². The first kappa shape index (κ1) is 20.1. The first-order valence-corrected chi connectivity index (χ1v) is 10.7. The molecule has 0 spiro atoms. The van der Waals surface area contributed by atoms with Crippen LogP contribution in [0.5, 0.6) is 0 Å². The van der Waals surface area contributed by atoms with Crippen molar-refractivity contribution in [1.29, 1.82) is 0 Å². The number of hydrogen-bond donors (Lipinski definition) is 1. The summed E-state index contributed by atoms with van der Waals surface area (Å²) < 4.78 is 0. The molecule has 0 atom stereocenters. The number of amides is 1. The average Bonchev–Trinajstić information content (AvgIpc) is 2.81. The van der Waals surface area contributed by atoms with Gasteiger partial charge in [0, 0.05) is 40.8 Å². The van der Waals surface area contributed by atoms with E-state index in [-0.39, 0.29) is 5.91 Å². The number of benzene rings is 2. The number of nitrogens with one attached hydrogen (secondary N) is 1. The Labute approximate surface area is 178 Å². The van der Waals surface area contributed by atoms with Gasteiger partial charge in [-0.2, -0.15) is 0 Å². The lowest BCUT2D eigenvalue weighted by Crippen LogP contribution is -2.33. The lowest BCUT2D eigenvalue weighted by atomic mass is 10.1. The third-order valence-electron chi connectivity index (χ3n) is 5.54. The van der Waals surface area contributed by atoms with Crippen molar-refractivity contribution in [3.63, 3.8) is 0 Å². The van der Waals surface area contributed by atoms with Crippen molar-refractivity contribution in [3.8, 4) is 11.8 Å². The molecule has 0 saturated carbocycles. The predicted octanol–water partition coefficient (Wildman–Crippen LogP) is 4.24.